The highest BCUT2D eigenvalue weighted by Gasteiger charge is 2.08. The molecule has 0 aromatic heterocycles. The van der Waals surface area contributed by atoms with Gasteiger partial charge in [0.15, 0.2) is 0 Å². The van der Waals surface area contributed by atoms with Crippen molar-refractivity contribution in [3.05, 3.63) is 58.9 Å². The summed E-state index contributed by atoms with van der Waals surface area (Å²) in [6.45, 7) is 3.50. The van der Waals surface area contributed by atoms with Crippen LogP contribution in [0.3, 0.4) is 0 Å². The summed E-state index contributed by atoms with van der Waals surface area (Å²) < 4.78 is 13.4. The molecule has 1 amide bonds. The molecular weight excluding hydrogens is 243 g/mol. The van der Waals surface area contributed by atoms with Crippen LogP contribution in [0.4, 0.5) is 15.8 Å². The van der Waals surface area contributed by atoms with Crippen LogP contribution in [-0.4, -0.2) is 5.91 Å². The molecule has 2 aromatic carbocycles. The summed E-state index contributed by atoms with van der Waals surface area (Å²) in [6.07, 6.45) is 0. The minimum atomic E-state index is -0.341. The first-order valence-electron chi connectivity index (χ1n) is 5.91. The van der Waals surface area contributed by atoms with E-state index in [1.165, 1.54) is 6.07 Å². The fraction of sp³-hybridized carbons (Fsp3) is 0.133. The Kier molecular flexibility index (Phi) is 3.51. The lowest BCUT2D eigenvalue weighted by Crippen LogP contribution is -2.12. The van der Waals surface area contributed by atoms with E-state index < -0.39 is 0 Å². The maximum atomic E-state index is 13.4. The third kappa shape index (κ3) is 2.91. The van der Waals surface area contributed by atoms with E-state index >= 15 is 0 Å². The predicted octanol–water partition coefficient (Wildman–Crippen LogP) is 3.28. The maximum absolute atomic E-state index is 13.4. The molecule has 2 aromatic rings. The summed E-state index contributed by atoms with van der Waals surface area (Å²) in [4.78, 5) is 12.0. The van der Waals surface area contributed by atoms with Crippen LogP contribution in [0.5, 0.6) is 0 Å². The van der Waals surface area contributed by atoms with E-state index in [1.54, 1.807) is 37.3 Å². The lowest BCUT2D eigenvalue weighted by Gasteiger charge is -2.08. The fourth-order valence-corrected chi connectivity index (χ4v) is 1.69. The van der Waals surface area contributed by atoms with Gasteiger partial charge in [-0.15, -0.1) is 0 Å². The fourth-order valence-electron chi connectivity index (χ4n) is 1.69. The summed E-state index contributed by atoms with van der Waals surface area (Å²) in [5, 5.41) is 2.65. The molecule has 19 heavy (non-hydrogen) atoms. The second-order valence-corrected chi connectivity index (χ2v) is 4.49. The zero-order chi connectivity index (χ0) is 14.0. The summed E-state index contributed by atoms with van der Waals surface area (Å²) in [6, 6.07) is 9.62. The van der Waals surface area contributed by atoms with Crippen molar-refractivity contribution in [2.24, 2.45) is 0 Å². The number of carbonyl (C=O) groups is 1. The molecule has 0 bridgehead atoms. The topological polar surface area (TPSA) is 55.1 Å². The molecule has 0 spiro atoms. The molecule has 0 heterocycles. The number of amides is 1. The van der Waals surface area contributed by atoms with Crippen LogP contribution in [0.25, 0.3) is 0 Å². The number of nitrogens with one attached hydrogen (secondary N) is 1. The molecule has 0 unspecified atom stereocenters. The van der Waals surface area contributed by atoms with Crippen LogP contribution in [-0.2, 0) is 0 Å². The molecule has 98 valence electrons. The average molecular weight is 258 g/mol. The molecule has 0 aliphatic rings. The number of benzene rings is 2. The summed E-state index contributed by atoms with van der Waals surface area (Å²) >= 11 is 0. The molecule has 0 aliphatic heterocycles. The molecular formula is C15H15FN2O. The van der Waals surface area contributed by atoms with Gasteiger partial charge >= 0.3 is 0 Å². The van der Waals surface area contributed by atoms with E-state index in [4.69, 9.17) is 5.73 Å². The first kappa shape index (κ1) is 13.1. The Morgan fingerprint density at radius 2 is 1.84 bits per heavy atom. The highest BCUT2D eigenvalue weighted by Crippen LogP contribution is 2.17. The van der Waals surface area contributed by atoms with Gasteiger partial charge in [-0.05, 0) is 55.3 Å². The smallest absolute Gasteiger partial charge is 0.255 e. The standard InChI is InChI=1S/C15H15FN2O/c1-9-3-5-12(8-13(9)16)18-15(19)11-4-6-14(17)10(2)7-11/h3-8H,17H2,1-2H3,(H,18,19). The average Bonchev–Trinajstić information content (AvgIpc) is 2.37. The van der Waals surface area contributed by atoms with Crippen LogP contribution < -0.4 is 11.1 Å². The van der Waals surface area contributed by atoms with Crippen molar-refractivity contribution >= 4 is 17.3 Å². The monoisotopic (exact) mass is 258 g/mol. The van der Waals surface area contributed by atoms with Gasteiger partial charge in [0.1, 0.15) is 5.82 Å². The molecule has 0 aliphatic carbocycles. The molecule has 0 saturated heterocycles. The number of anilines is 2. The minimum Gasteiger partial charge on any atom is -0.399 e. The number of hydrogen-bond acceptors (Lipinski definition) is 2. The van der Waals surface area contributed by atoms with Crippen molar-refractivity contribution in [1.82, 2.24) is 0 Å². The summed E-state index contributed by atoms with van der Waals surface area (Å²) in [5.41, 5.74) is 8.64. The SMILES string of the molecule is Cc1cc(C(=O)Nc2ccc(C)c(F)c2)ccc1N. The van der Waals surface area contributed by atoms with Gasteiger partial charge in [0, 0.05) is 16.9 Å². The Balaban J connectivity index is 2.20. The largest absolute Gasteiger partial charge is 0.399 e. The van der Waals surface area contributed by atoms with E-state index in [0.717, 1.165) is 5.56 Å². The van der Waals surface area contributed by atoms with Crippen LogP contribution in [0.1, 0.15) is 21.5 Å². The van der Waals surface area contributed by atoms with Crippen LogP contribution in [0.2, 0.25) is 0 Å². The van der Waals surface area contributed by atoms with E-state index in [2.05, 4.69) is 5.32 Å². The molecule has 2 rings (SSSR count). The Bertz CT molecular complexity index is 638. The highest BCUT2D eigenvalue weighted by molar-refractivity contribution is 6.04. The highest BCUT2D eigenvalue weighted by atomic mass is 19.1. The van der Waals surface area contributed by atoms with Gasteiger partial charge in [0.25, 0.3) is 5.91 Å². The van der Waals surface area contributed by atoms with E-state index in [9.17, 15) is 9.18 Å². The first-order chi connectivity index (χ1) is 8.97. The molecule has 0 fully saturated rings. The molecule has 3 nitrogen and oxygen atoms in total. The van der Waals surface area contributed by atoms with Crippen molar-refractivity contribution < 1.29 is 9.18 Å². The number of nitrogen functional groups attached to an aromatic ring is 1. The minimum absolute atomic E-state index is 0.286. The molecule has 0 saturated carbocycles. The Labute approximate surface area is 111 Å². The number of hydrogen-bond donors (Lipinski definition) is 2. The Hall–Kier alpha value is -2.36. The van der Waals surface area contributed by atoms with Crippen LogP contribution >= 0.6 is 0 Å². The van der Waals surface area contributed by atoms with Crippen LogP contribution in [0.15, 0.2) is 36.4 Å². The zero-order valence-electron chi connectivity index (χ0n) is 10.8. The third-order valence-corrected chi connectivity index (χ3v) is 2.96. The number of rotatable bonds is 2. The van der Waals surface area contributed by atoms with E-state index in [-0.39, 0.29) is 11.7 Å². The predicted molar refractivity (Wildman–Crippen MR) is 74.7 cm³/mol. The molecule has 4 heteroatoms. The van der Waals surface area contributed by atoms with Crippen LogP contribution in [0, 0.1) is 19.7 Å². The second kappa shape index (κ2) is 5.10. The summed E-state index contributed by atoms with van der Waals surface area (Å²) in [5.74, 6) is -0.627. The van der Waals surface area contributed by atoms with E-state index in [0.29, 0.717) is 22.5 Å². The number of nitrogens with two attached hydrogens (primary N) is 1. The Morgan fingerprint density at radius 1 is 1.11 bits per heavy atom. The number of halogens is 1. The van der Waals surface area contributed by atoms with Gasteiger partial charge in [-0.25, -0.2) is 4.39 Å². The quantitative estimate of drug-likeness (QED) is 0.812. The van der Waals surface area contributed by atoms with Gasteiger partial charge in [-0.1, -0.05) is 6.07 Å². The summed E-state index contributed by atoms with van der Waals surface area (Å²) in [7, 11) is 0. The zero-order valence-corrected chi connectivity index (χ0v) is 10.8. The van der Waals surface area contributed by atoms with Gasteiger partial charge in [0.2, 0.25) is 0 Å². The lowest BCUT2D eigenvalue weighted by atomic mass is 10.1. The van der Waals surface area contributed by atoms with E-state index in [1.807, 2.05) is 6.92 Å². The van der Waals surface area contributed by atoms with Gasteiger partial charge < -0.3 is 11.1 Å². The second-order valence-electron chi connectivity index (χ2n) is 4.49. The van der Waals surface area contributed by atoms with Crippen molar-refractivity contribution in [2.45, 2.75) is 13.8 Å². The first-order valence-corrected chi connectivity index (χ1v) is 5.91. The third-order valence-electron chi connectivity index (χ3n) is 2.96. The Morgan fingerprint density at radius 3 is 2.47 bits per heavy atom. The van der Waals surface area contributed by atoms with Gasteiger partial charge in [-0.2, -0.15) is 0 Å². The number of aryl methyl sites for hydroxylation is 2. The van der Waals surface area contributed by atoms with Crippen molar-refractivity contribution in [2.75, 3.05) is 11.1 Å². The molecule has 0 atom stereocenters. The number of carbonyl (C=O) groups excluding carboxylic acids is 1. The van der Waals surface area contributed by atoms with Gasteiger partial charge in [0.05, 0.1) is 0 Å². The normalized spacial score (nSPS) is 10.3. The van der Waals surface area contributed by atoms with Crippen molar-refractivity contribution in [3.63, 3.8) is 0 Å². The molecule has 3 N–H and O–H groups in total. The maximum Gasteiger partial charge on any atom is 0.255 e. The van der Waals surface area contributed by atoms with Crippen molar-refractivity contribution in [3.8, 4) is 0 Å². The molecule has 0 radical (unpaired) electrons. The van der Waals surface area contributed by atoms with Gasteiger partial charge in [-0.3, -0.25) is 4.79 Å². The van der Waals surface area contributed by atoms with Crippen molar-refractivity contribution in [1.29, 1.82) is 0 Å². The lowest BCUT2D eigenvalue weighted by molar-refractivity contribution is 0.102.